The second-order valence-corrected chi connectivity index (χ2v) is 9.71. The predicted molar refractivity (Wildman–Crippen MR) is 120 cm³/mol. The van der Waals surface area contributed by atoms with Crippen LogP contribution in [0.5, 0.6) is 0 Å². The number of rotatable bonds is 10. The number of carbonyl (C=O) groups excluding carboxylic acids is 1. The van der Waals surface area contributed by atoms with E-state index in [1.54, 1.807) is 0 Å². The number of hydrogen-bond acceptors (Lipinski definition) is 3. The van der Waals surface area contributed by atoms with E-state index in [9.17, 15) is 13.2 Å². The monoisotopic (exact) mass is 436 g/mol. The Morgan fingerprint density at radius 3 is 2.24 bits per heavy atom. The number of sulfonamides is 1. The average Bonchev–Trinajstić information content (AvgIpc) is 2.62. The van der Waals surface area contributed by atoms with E-state index in [-0.39, 0.29) is 18.9 Å². The first kappa shape index (κ1) is 23.2. The molecule has 0 aliphatic rings. The molecule has 0 bridgehead atoms. The first-order valence-corrected chi connectivity index (χ1v) is 11.9. The molecule has 2 aromatic carbocycles. The minimum Gasteiger partial charge on any atom is -0.356 e. The molecule has 0 saturated carbocycles. The molecule has 0 fully saturated rings. The minimum atomic E-state index is -3.41. The van der Waals surface area contributed by atoms with Crippen molar-refractivity contribution in [2.24, 2.45) is 0 Å². The maximum absolute atomic E-state index is 12.2. The van der Waals surface area contributed by atoms with Crippen LogP contribution in [0.3, 0.4) is 0 Å². The molecule has 158 valence electrons. The zero-order chi connectivity index (χ0) is 21.4. The van der Waals surface area contributed by atoms with Gasteiger partial charge in [0.15, 0.2) is 0 Å². The number of amides is 1. The van der Waals surface area contributed by atoms with Crippen LogP contribution in [0.2, 0.25) is 5.02 Å². The highest BCUT2D eigenvalue weighted by Crippen LogP contribution is 2.21. The van der Waals surface area contributed by atoms with Crippen LogP contribution in [-0.2, 0) is 21.2 Å². The van der Waals surface area contributed by atoms with Crippen molar-refractivity contribution in [2.45, 2.75) is 39.5 Å². The standard InChI is InChI=1S/C22H29ClN2O3S/c1-17-14-18(2)16-21(15-17)25(29(3,27)28)13-5-7-22(26)24-12-4-6-19-8-10-20(23)11-9-19/h8-11,14-16H,4-7,12-13H2,1-3H3,(H,24,26). The van der Waals surface area contributed by atoms with Crippen LogP contribution in [0.4, 0.5) is 5.69 Å². The Bertz CT molecular complexity index is 907. The van der Waals surface area contributed by atoms with Crippen molar-refractivity contribution in [3.63, 3.8) is 0 Å². The third kappa shape index (κ3) is 8.07. The number of halogens is 1. The topological polar surface area (TPSA) is 66.5 Å². The van der Waals surface area contributed by atoms with Gasteiger partial charge in [0.05, 0.1) is 11.9 Å². The second kappa shape index (κ2) is 10.6. The summed E-state index contributed by atoms with van der Waals surface area (Å²) >= 11 is 5.87. The lowest BCUT2D eigenvalue weighted by atomic mass is 10.1. The van der Waals surface area contributed by atoms with E-state index in [0.29, 0.717) is 23.7 Å². The summed E-state index contributed by atoms with van der Waals surface area (Å²) < 4.78 is 25.8. The number of benzene rings is 2. The van der Waals surface area contributed by atoms with Gasteiger partial charge in [-0.15, -0.1) is 0 Å². The Morgan fingerprint density at radius 1 is 1.03 bits per heavy atom. The van der Waals surface area contributed by atoms with Crippen molar-refractivity contribution in [1.29, 1.82) is 0 Å². The van der Waals surface area contributed by atoms with E-state index in [1.807, 2.05) is 56.3 Å². The summed E-state index contributed by atoms with van der Waals surface area (Å²) in [5, 5.41) is 3.62. The Morgan fingerprint density at radius 2 is 1.66 bits per heavy atom. The van der Waals surface area contributed by atoms with Gasteiger partial charge >= 0.3 is 0 Å². The molecule has 0 unspecified atom stereocenters. The molecule has 2 aromatic rings. The fourth-order valence-electron chi connectivity index (χ4n) is 3.22. The number of nitrogens with zero attached hydrogens (tertiary/aromatic N) is 1. The van der Waals surface area contributed by atoms with Crippen molar-refractivity contribution in [3.05, 3.63) is 64.2 Å². The van der Waals surface area contributed by atoms with Gasteiger partial charge in [0, 0.05) is 24.5 Å². The van der Waals surface area contributed by atoms with Crippen LogP contribution >= 0.6 is 11.6 Å². The maximum atomic E-state index is 12.2. The van der Waals surface area contributed by atoms with Gasteiger partial charge in [-0.05, 0) is 74.1 Å². The highest BCUT2D eigenvalue weighted by Gasteiger charge is 2.18. The summed E-state index contributed by atoms with van der Waals surface area (Å²) in [7, 11) is -3.41. The van der Waals surface area contributed by atoms with Gasteiger partial charge < -0.3 is 5.32 Å². The van der Waals surface area contributed by atoms with Crippen LogP contribution in [-0.4, -0.2) is 33.7 Å². The van der Waals surface area contributed by atoms with E-state index >= 15 is 0 Å². The third-order valence-electron chi connectivity index (χ3n) is 4.54. The molecule has 0 saturated heterocycles. The summed E-state index contributed by atoms with van der Waals surface area (Å²) in [5.41, 5.74) is 3.84. The van der Waals surface area contributed by atoms with Gasteiger partial charge in [-0.2, -0.15) is 0 Å². The quantitative estimate of drug-likeness (QED) is 0.566. The van der Waals surface area contributed by atoms with E-state index in [4.69, 9.17) is 11.6 Å². The molecular weight excluding hydrogens is 408 g/mol. The molecule has 0 aliphatic heterocycles. The lowest BCUT2D eigenvalue weighted by molar-refractivity contribution is -0.121. The van der Waals surface area contributed by atoms with E-state index in [1.165, 1.54) is 16.1 Å². The average molecular weight is 437 g/mol. The van der Waals surface area contributed by atoms with Gasteiger partial charge in [0.25, 0.3) is 0 Å². The molecule has 0 radical (unpaired) electrons. The number of anilines is 1. The Kier molecular flexibility index (Phi) is 8.53. The number of nitrogens with one attached hydrogen (secondary N) is 1. The molecule has 1 N–H and O–H groups in total. The molecule has 0 atom stereocenters. The van der Waals surface area contributed by atoms with Crippen molar-refractivity contribution in [3.8, 4) is 0 Å². The van der Waals surface area contributed by atoms with Crippen molar-refractivity contribution in [1.82, 2.24) is 5.32 Å². The fourth-order valence-corrected chi connectivity index (χ4v) is 4.30. The third-order valence-corrected chi connectivity index (χ3v) is 5.98. The molecule has 7 heteroatoms. The van der Waals surface area contributed by atoms with Crippen molar-refractivity contribution in [2.75, 3.05) is 23.7 Å². The van der Waals surface area contributed by atoms with Crippen LogP contribution in [0, 0.1) is 13.8 Å². The summed E-state index contributed by atoms with van der Waals surface area (Å²) in [6, 6.07) is 13.4. The molecule has 0 aromatic heterocycles. The summed E-state index contributed by atoms with van der Waals surface area (Å²) in [4.78, 5) is 12.1. The lowest BCUT2D eigenvalue weighted by Gasteiger charge is -2.23. The summed E-state index contributed by atoms with van der Waals surface area (Å²) in [6.07, 6.45) is 3.65. The van der Waals surface area contributed by atoms with Gasteiger partial charge in [0.1, 0.15) is 0 Å². The number of hydrogen-bond donors (Lipinski definition) is 1. The van der Waals surface area contributed by atoms with Crippen LogP contribution in [0.1, 0.15) is 36.0 Å². The Hall–Kier alpha value is -2.05. The van der Waals surface area contributed by atoms with Gasteiger partial charge in [-0.3, -0.25) is 9.10 Å². The predicted octanol–water partition coefficient (Wildman–Crippen LogP) is 4.25. The van der Waals surface area contributed by atoms with E-state index in [0.717, 1.165) is 24.0 Å². The highest BCUT2D eigenvalue weighted by atomic mass is 35.5. The van der Waals surface area contributed by atoms with Crippen LogP contribution < -0.4 is 9.62 Å². The summed E-state index contributed by atoms with van der Waals surface area (Å²) in [6.45, 7) is 4.75. The van der Waals surface area contributed by atoms with Crippen LogP contribution in [0.25, 0.3) is 0 Å². The normalized spacial score (nSPS) is 11.3. The first-order valence-electron chi connectivity index (χ1n) is 9.72. The van der Waals surface area contributed by atoms with Crippen molar-refractivity contribution < 1.29 is 13.2 Å². The van der Waals surface area contributed by atoms with Gasteiger partial charge in [-0.1, -0.05) is 29.8 Å². The maximum Gasteiger partial charge on any atom is 0.232 e. The highest BCUT2D eigenvalue weighted by molar-refractivity contribution is 7.92. The summed E-state index contributed by atoms with van der Waals surface area (Å²) in [5.74, 6) is -0.0602. The molecule has 0 heterocycles. The smallest absolute Gasteiger partial charge is 0.232 e. The molecule has 0 aliphatic carbocycles. The number of aryl methyl sites for hydroxylation is 3. The lowest BCUT2D eigenvalue weighted by Crippen LogP contribution is -2.32. The SMILES string of the molecule is Cc1cc(C)cc(N(CCCC(=O)NCCCc2ccc(Cl)cc2)S(C)(=O)=O)c1. The minimum absolute atomic E-state index is 0.0602. The Balaban J connectivity index is 1.78. The molecule has 1 amide bonds. The first-order chi connectivity index (χ1) is 13.6. The largest absolute Gasteiger partial charge is 0.356 e. The van der Waals surface area contributed by atoms with Crippen molar-refractivity contribution >= 4 is 33.2 Å². The molecule has 0 spiro atoms. The fraction of sp³-hybridized carbons (Fsp3) is 0.409. The van der Waals surface area contributed by atoms with Crippen LogP contribution in [0.15, 0.2) is 42.5 Å². The van der Waals surface area contributed by atoms with Gasteiger partial charge in [-0.25, -0.2) is 8.42 Å². The molecule has 29 heavy (non-hydrogen) atoms. The molecular formula is C22H29ClN2O3S. The zero-order valence-corrected chi connectivity index (χ0v) is 18.8. The van der Waals surface area contributed by atoms with E-state index < -0.39 is 10.0 Å². The van der Waals surface area contributed by atoms with E-state index in [2.05, 4.69) is 5.32 Å². The second-order valence-electron chi connectivity index (χ2n) is 7.36. The number of carbonyl (C=O) groups is 1. The molecule has 5 nitrogen and oxygen atoms in total. The zero-order valence-electron chi connectivity index (χ0n) is 17.2. The Labute approximate surface area is 179 Å². The van der Waals surface area contributed by atoms with Gasteiger partial charge in [0.2, 0.25) is 15.9 Å². The molecule has 2 rings (SSSR count).